The average molecular weight is 439 g/mol. The highest BCUT2D eigenvalue weighted by Crippen LogP contribution is 2.60. The predicted molar refractivity (Wildman–Crippen MR) is 136 cm³/mol. The van der Waals surface area contributed by atoms with Crippen molar-refractivity contribution >= 4 is 24.1 Å². The molecule has 4 atom stereocenters. The minimum Gasteiger partial charge on any atom is -0.364 e. The molecule has 3 aromatic carbocycles. The third-order valence-corrected chi connectivity index (χ3v) is 10.1. The summed E-state index contributed by atoms with van der Waals surface area (Å²) >= 11 is 0. The van der Waals surface area contributed by atoms with Crippen molar-refractivity contribution in [2.45, 2.75) is 44.2 Å². The lowest BCUT2D eigenvalue weighted by Crippen LogP contribution is -2.51. The molecule has 3 aromatic rings. The molecular weight excluding hydrogens is 407 g/mol. The molecule has 1 N–H and O–H groups in total. The van der Waals surface area contributed by atoms with Crippen molar-refractivity contribution in [2.24, 2.45) is 22.7 Å². The van der Waals surface area contributed by atoms with Gasteiger partial charge in [0.25, 0.3) is 0 Å². The van der Waals surface area contributed by atoms with Gasteiger partial charge in [0, 0.05) is 13.5 Å². The first-order chi connectivity index (χ1) is 15.8. The fourth-order valence-corrected chi connectivity index (χ4v) is 8.95. The van der Waals surface area contributed by atoms with Crippen molar-refractivity contribution in [3.8, 4) is 0 Å². The molecule has 0 radical (unpaired) electrons. The van der Waals surface area contributed by atoms with Crippen molar-refractivity contribution < 1.29 is 0 Å². The van der Waals surface area contributed by atoms with Crippen molar-refractivity contribution in [3.63, 3.8) is 0 Å². The van der Waals surface area contributed by atoms with E-state index in [9.17, 15) is 0 Å². The Kier molecular flexibility index (Phi) is 5.35. The first kappa shape index (κ1) is 20.2. The number of rotatable bonds is 6. The number of nitrogens with one attached hydrogen (secondary N) is 1. The third-order valence-electron chi connectivity index (χ3n) is 7.80. The molecule has 7 rings (SSSR count). The highest BCUT2D eigenvalue weighted by atomic mass is 31.1. The van der Waals surface area contributed by atoms with Crippen molar-refractivity contribution in [1.82, 2.24) is 5.32 Å². The second-order valence-corrected chi connectivity index (χ2v) is 12.1. The van der Waals surface area contributed by atoms with Crippen LogP contribution in [0.4, 0.5) is 0 Å². The van der Waals surface area contributed by atoms with E-state index in [0.29, 0.717) is 0 Å². The average Bonchev–Trinajstić information content (AvgIpc) is 3.25. The minimum absolute atomic E-state index is 0.260. The topological polar surface area (TPSA) is 24.4 Å². The molecular formula is C29H31N2P. The van der Waals surface area contributed by atoms with Crippen LogP contribution in [0.25, 0.3) is 0 Å². The SMILES string of the molecule is c1ccc(CN=C(NC23CC4CC(C2)[C@H](C4)C3)P(c2ccccc2)c2ccccc2)cc1. The summed E-state index contributed by atoms with van der Waals surface area (Å²) in [5.41, 5.74) is 2.75. The van der Waals surface area contributed by atoms with Gasteiger partial charge in [-0.25, -0.2) is 0 Å². The van der Waals surface area contributed by atoms with Gasteiger partial charge in [0.15, 0.2) is 0 Å². The second kappa shape index (κ2) is 8.49. The van der Waals surface area contributed by atoms with Gasteiger partial charge in [0.2, 0.25) is 0 Å². The molecule has 0 aromatic heterocycles. The van der Waals surface area contributed by atoms with Crippen LogP contribution in [0.5, 0.6) is 0 Å². The molecule has 4 saturated carbocycles. The number of benzene rings is 3. The van der Waals surface area contributed by atoms with Gasteiger partial charge < -0.3 is 5.32 Å². The van der Waals surface area contributed by atoms with Crippen LogP contribution < -0.4 is 15.9 Å². The summed E-state index contributed by atoms with van der Waals surface area (Å²) < 4.78 is 0. The quantitative estimate of drug-likeness (QED) is 0.292. The maximum absolute atomic E-state index is 5.33. The van der Waals surface area contributed by atoms with Gasteiger partial charge in [-0.2, -0.15) is 0 Å². The molecule has 0 saturated heterocycles. The van der Waals surface area contributed by atoms with E-state index in [1.807, 2.05) is 0 Å². The maximum atomic E-state index is 5.33. The molecule has 4 aliphatic carbocycles. The predicted octanol–water partition coefficient (Wildman–Crippen LogP) is 5.84. The zero-order valence-electron chi connectivity index (χ0n) is 18.5. The molecule has 3 heteroatoms. The van der Waals surface area contributed by atoms with Crippen LogP contribution in [0.3, 0.4) is 0 Å². The molecule has 162 valence electrons. The number of hydrogen-bond acceptors (Lipinski definition) is 1. The van der Waals surface area contributed by atoms with Crippen LogP contribution >= 0.6 is 7.92 Å². The number of aliphatic imine (C=N–C) groups is 1. The molecule has 0 spiro atoms. The van der Waals surface area contributed by atoms with Crippen molar-refractivity contribution in [1.29, 1.82) is 0 Å². The molecule has 4 fully saturated rings. The second-order valence-electron chi connectivity index (χ2n) is 10.0. The summed E-state index contributed by atoms with van der Waals surface area (Å²) in [7, 11) is -0.715. The molecule has 4 aliphatic rings. The minimum atomic E-state index is -0.715. The Morgan fingerprint density at radius 1 is 0.750 bits per heavy atom. The number of hydrogen-bond donors (Lipinski definition) is 1. The van der Waals surface area contributed by atoms with Gasteiger partial charge in [-0.3, -0.25) is 4.99 Å². The van der Waals surface area contributed by atoms with Crippen molar-refractivity contribution in [2.75, 3.05) is 0 Å². The zero-order chi connectivity index (χ0) is 21.4. The van der Waals surface area contributed by atoms with Gasteiger partial charge in [-0.15, -0.1) is 0 Å². The van der Waals surface area contributed by atoms with E-state index in [2.05, 4.69) is 96.3 Å². The number of amidine groups is 1. The highest BCUT2D eigenvalue weighted by molar-refractivity contribution is 7.88. The lowest BCUT2D eigenvalue weighted by Gasteiger charge is -2.41. The molecule has 0 heterocycles. The summed E-state index contributed by atoms with van der Waals surface area (Å²) in [4.78, 5) is 5.33. The molecule has 3 unspecified atom stereocenters. The fraction of sp³-hybridized carbons (Fsp3) is 0.345. The van der Waals surface area contributed by atoms with Gasteiger partial charge in [-0.05, 0) is 66.0 Å². The standard InChI is InChI=1S/C29H31N2P/c1-4-10-22(11-5-1)21-30-28(31-29-18-23-16-24(19-29)25(17-23)20-29)32(26-12-6-2-7-13-26)27-14-8-3-9-15-27/h1-15,23-25H,16-21H2,(H,30,31)/t23?,24-,25?,29?/m1/s1. The lowest BCUT2D eigenvalue weighted by molar-refractivity contribution is 0.211. The van der Waals surface area contributed by atoms with E-state index in [1.165, 1.54) is 53.9 Å². The van der Waals surface area contributed by atoms with E-state index >= 15 is 0 Å². The first-order valence-electron chi connectivity index (χ1n) is 12.0. The Hall–Kier alpha value is -2.44. The van der Waals surface area contributed by atoms with E-state index < -0.39 is 7.92 Å². The fourth-order valence-electron chi connectivity index (χ4n) is 6.66. The summed E-state index contributed by atoms with van der Waals surface area (Å²) in [6.07, 6.45) is 6.95. The van der Waals surface area contributed by atoms with Crippen LogP contribution in [0, 0.1) is 17.8 Å². The van der Waals surface area contributed by atoms with Gasteiger partial charge in [0.05, 0.1) is 6.54 Å². The van der Waals surface area contributed by atoms with E-state index in [1.54, 1.807) is 0 Å². The maximum Gasteiger partial charge on any atom is 0.129 e. The Morgan fingerprint density at radius 2 is 1.28 bits per heavy atom. The normalized spacial score (nSPS) is 28.4. The largest absolute Gasteiger partial charge is 0.364 e. The summed E-state index contributed by atoms with van der Waals surface area (Å²) in [6.45, 7) is 0.730. The monoisotopic (exact) mass is 438 g/mol. The molecule has 32 heavy (non-hydrogen) atoms. The van der Waals surface area contributed by atoms with E-state index in [-0.39, 0.29) is 5.54 Å². The highest BCUT2D eigenvalue weighted by Gasteiger charge is 2.56. The van der Waals surface area contributed by atoms with Gasteiger partial charge in [0.1, 0.15) is 5.58 Å². The molecule has 0 aliphatic heterocycles. The van der Waals surface area contributed by atoms with Crippen molar-refractivity contribution in [3.05, 3.63) is 96.6 Å². The molecule has 2 nitrogen and oxygen atoms in total. The molecule has 0 amide bonds. The van der Waals surface area contributed by atoms with Gasteiger partial charge >= 0.3 is 0 Å². The van der Waals surface area contributed by atoms with Crippen LogP contribution in [0.1, 0.15) is 37.7 Å². The number of nitrogens with zero attached hydrogens (tertiary/aromatic N) is 1. The summed E-state index contributed by atoms with van der Waals surface area (Å²) in [6, 6.07) is 32.7. The third kappa shape index (κ3) is 3.90. The smallest absolute Gasteiger partial charge is 0.129 e. The Balaban J connectivity index is 1.40. The van der Waals surface area contributed by atoms with Crippen LogP contribution in [-0.2, 0) is 6.54 Å². The van der Waals surface area contributed by atoms with Crippen LogP contribution in [-0.4, -0.2) is 11.1 Å². The van der Waals surface area contributed by atoms with Gasteiger partial charge in [-0.1, -0.05) is 91.0 Å². The van der Waals surface area contributed by atoms with E-state index in [4.69, 9.17) is 4.99 Å². The Morgan fingerprint density at radius 3 is 1.81 bits per heavy atom. The Labute approximate surface area is 192 Å². The Bertz CT molecular complexity index is 1020. The summed E-state index contributed by atoms with van der Waals surface area (Å²) in [5.74, 6) is 2.81. The summed E-state index contributed by atoms with van der Waals surface area (Å²) in [5, 5.41) is 6.92. The first-order valence-corrected chi connectivity index (χ1v) is 13.4. The lowest BCUT2D eigenvalue weighted by atomic mass is 9.76. The van der Waals surface area contributed by atoms with E-state index in [0.717, 1.165) is 24.3 Å². The van der Waals surface area contributed by atoms with Crippen LogP contribution in [0.2, 0.25) is 0 Å². The zero-order valence-corrected chi connectivity index (χ0v) is 19.4. The molecule has 4 bridgehead atoms. The van der Waals surface area contributed by atoms with Crippen LogP contribution in [0.15, 0.2) is 96.0 Å².